The molecule has 0 aliphatic heterocycles. The van der Waals surface area contributed by atoms with Gasteiger partial charge < -0.3 is 10.6 Å². The molecule has 1 aromatic rings. The second-order valence-corrected chi connectivity index (χ2v) is 4.93. The van der Waals surface area contributed by atoms with Gasteiger partial charge in [0.05, 0.1) is 6.54 Å². The predicted octanol–water partition coefficient (Wildman–Crippen LogP) is 2.47. The van der Waals surface area contributed by atoms with Crippen molar-refractivity contribution in [1.82, 2.24) is 4.90 Å². The first-order chi connectivity index (χ1) is 9.39. The van der Waals surface area contributed by atoms with E-state index in [4.69, 9.17) is 5.73 Å². The maximum absolute atomic E-state index is 12.5. The van der Waals surface area contributed by atoms with Crippen LogP contribution in [0.2, 0.25) is 0 Å². The zero-order chi connectivity index (χ0) is 15.2. The number of nitrogens with zero attached hydrogens (tertiary/aromatic N) is 1. The number of hydrogen-bond acceptors (Lipinski definition) is 3. The normalized spacial score (nSPS) is 10.8. The van der Waals surface area contributed by atoms with E-state index in [0.29, 0.717) is 12.0 Å². The van der Waals surface area contributed by atoms with Gasteiger partial charge >= 0.3 is 6.18 Å². The second-order valence-electron chi connectivity index (χ2n) is 4.01. The Morgan fingerprint density at radius 1 is 1.50 bits per heavy atom. The molecule has 0 aromatic carbocycles. The smallest absolute Gasteiger partial charge is 0.329 e. The van der Waals surface area contributed by atoms with Crippen molar-refractivity contribution in [3.8, 4) is 11.8 Å². The van der Waals surface area contributed by atoms with Crippen LogP contribution in [0.5, 0.6) is 0 Å². The van der Waals surface area contributed by atoms with Gasteiger partial charge in [0.25, 0.3) is 5.91 Å². The van der Waals surface area contributed by atoms with E-state index in [1.807, 2.05) is 0 Å². The Labute approximate surface area is 119 Å². The lowest BCUT2D eigenvalue weighted by Gasteiger charge is -2.23. The average molecular weight is 304 g/mol. The highest BCUT2D eigenvalue weighted by atomic mass is 32.1. The zero-order valence-electron chi connectivity index (χ0n) is 11.0. The minimum absolute atomic E-state index is 0.0556. The van der Waals surface area contributed by atoms with Crippen LogP contribution in [0.4, 0.5) is 13.2 Å². The molecule has 0 saturated carbocycles. The summed E-state index contributed by atoms with van der Waals surface area (Å²) in [6, 6.07) is 1.61. The molecule has 1 amide bonds. The van der Waals surface area contributed by atoms with Crippen LogP contribution in [0.3, 0.4) is 0 Å². The number of thiophene rings is 1. The maximum atomic E-state index is 12.5. The van der Waals surface area contributed by atoms with E-state index >= 15 is 0 Å². The lowest BCUT2D eigenvalue weighted by atomic mass is 10.2. The highest BCUT2D eigenvalue weighted by Gasteiger charge is 2.33. The first kappa shape index (κ1) is 16.5. The maximum Gasteiger partial charge on any atom is 0.406 e. The summed E-state index contributed by atoms with van der Waals surface area (Å²) in [5, 5.41) is 1.63. The fraction of sp³-hybridized carbons (Fsp3) is 0.462. The topological polar surface area (TPSA) is 46.3 Å². The summed E-state index contributed by atoms with van der Waals surface area (Å²) in [6.45, 7) is 0.659. The first-order valence-electron chi connectivity index (χ1n) is 6.01. The highest BCUT2D eigenvalue weighted by molar-refractivity contribution is 7.12. The van der Waals surface area contributed by atoms with Gasteiger partial charge in [0.2, 0.25) is 0 Å². The molecular formula is C13H15F3N2OS. The van der Waals surface area contributed by atoms with Gasteiger partial charge in [0.1, 0.15) is 11.4 Å². The number of amides is 1. The molecule has 1 heterocycles. The number of carbonyl (C=O) groups is 1. The van der Waals surface area contributed by atoms with E-state index in [2.05, 4.69) is 11.8 Å². The minimum atomic E-state index is -4.41. The standard InChI is InChI=1S/C13H15F3N2OS/c1-2-7-18(9-13(14,15)16)12(19)11-10(4-3-6-17)5-8-20-11/h5,8H,2,6-7,9,17H2,1H3. The lowest BCUT2D eigenvalue weighted by Crippen LogP contribution is -2.39. The third-order valence-electron chi connectivity index (χ3n) is 2.34. The minimum Gasteiger partial charge on any atom is -0.329 e. The number of halogens is 3. The van der Waals surface area contributed by atoms with Crippen LogP contribution >= 0.6 is 11.3 Å². The number of alkyl halides is 3. The second kappa shape index (κ2) is 7.31. The van der Waals surface area contributed by atoms with Crippen LogP contribution < -0.4 is 5.73 Å². The number of rotatable bonds is 4. The van der Waals surface area contributed by atoms with E-state index in [9.17, 15) is 18.0 Å². The fourth-order valence-electron chi connectivity index (χ4n) is 1.60. The predicted molar refractivity (Wildman–Crippen MR) is 72.5 cm³/mol. The van der Waals surface area contributed by atoms with Crippen LogP contribution in [0, 0.1) is 11.8 Å². The Hall–Kier alpha value is -1.52. The molecule has 1 aromatic heterocycles. The molecule has 0 aliphatic carbocycles. The summed E-state index contributed by atoms with van der Waals surface area (Å²) >= 11 is 1.09. The van der Waals surface area contributed by atoms with E-state index < -0.39 is 18.6 Å². The Morgan fingerprint density at radius 3 is 2.75 bits per heavy atom. The van der Waals surface area contributed by atoms with Crippen LogP contribution in [-0.4, -0.2) is 36.6 Å². The van der Waals surface area contributed by atoms with Crippen LogP contribution in [0.25, 0.3) is 0 Å². The third kappa shape index (κ3) is 4.87. The summed E-state index contributed by atoms with van der Waals surface area (Å²) in [5.41, 5.74) is 5.67. The number of hydrogen-bond donors (Lipinski definition) is 1. The highest BCUT2D eigenvalue weighted by Crippen LogP contribution is 2.22. The van der Waals surface area contributed by atoms with Gasteiger partial charge in [-0.15, -0.1) is 11.3 Å². The van der Waals surface area contributed by atoms with Crippen LogP contribution in [0.1, 0.15) is 28.6 Å². The largest absolute Gasteiger partial charge is 0.406 e. The Bertz CT molecular complexity index is 514. The molecule has 110 valence electrons. The Balaban J connectivity index is 2.98. The van der Waals surface area contributed by atoms with Crippen LogP contribution in [0.15, 0.2) is 11.4 Å². The van der Waals surface area contributed by atoms with Crippen molar-refractivity contribution in [2.45, 2.75) is 19.5 Å². The molecule has 0 spiro atoms. The van der Waals surface area contributed by atoms with Crippen molar-refractivity contribution in [2.75, 3.05) is 19.6 Å². The quantitative estimate of drug-likeness (QED) is 0.869. The number of carbonyl (C=O) groups excluding carboxylic acids is 1. The fourth-order valence-corrected chi connectivity index (χ4v) is 2.42. The van der Waals surface area contributed by atoms with Gasteiger partial charge in [-0.1, -0.05) is 18.8 Å². The molecule has 0 saturated heterocycles. The summed E-state index contributed by atoms with van der Waals surface area (Å²) in [7, 11) is 0. The SMILES string of the molecule is CCCN(CC(F)(F)F)C(=O)c1sccc1C#CCN. The average Bonchev–Trinajstić information content (AvgIpc) is 2.81. The molecule has 0 fully saturated rings. The van der Waals surface area contributed by atoms with E-state index in [0.717, 1.165) is 16.2 Å². The Kier molecular flexibility index (Phi) is 6.05. The van der Waals surface area contributed by atoms with Crippen molar-refractivity contribution < 1.29 is 18.0 Å². The monoisotopic (exact) mass is 304 g/mol. The molecule has 2 N–H and O–H groups in total. The molecule has 0 radical (unpaired) electrons. The van der Waals surface area contributed by atoms with Crippen molar-refractivity contribution in [1.29, 1.82) is 0 Å². The van der Waals surface area contributed by atoms with Gasteiger partial charge in [-0.05, 0) is 17.9 Å². The molecule has 3 nitrogen and oxygen atoms in total. The van der Waals surface area contributed by atoms with Gasteiger partial charge in [-0.2, -0.15) is 13.2 Å². The summed E-state index contributed by atoms with van der Waals surface area (Å²) < 4.78 is 37.5. The summed E-state index contributed by atoms with van der Waals surface area (Å²) in [5.74, 6) is 4.66. The van der Waals surface area contributed by atoms with E-state index in [1.165, 1.54) is 0 Å². The van der Waals surface area contributed by atoms with E-state index in [1.54, 1.807) is 18.4 Å². The van der Waals surface area contributed by atoms with Crippen LogP contribution in [-0.2, 0) is 0 Å². The van der Waals surface area contributed by atoms with E-state index in [-0.39, 0.29) is 18.0 Å². The third-order valence-corrected chi connectivity index (χ3v) is 3.24. The molecule has 7 heteroatoms. The molecular weight excluding hydrogens is 289 g/mol. The molecule has 0 aliphatic rings. The molecule has 1 rings (SSSR count). The number of nitrogens with two attached hydrogens (primary N) is 1. The Morgan fingerprint density at radius 2 is 2.20 bits per heavy atom. The molecule has 0 bridgehead atoms. The molecule has 20 heavy (non-hydrogen) atoms. The van der Waals surface area contributed by atoms with Gasteiger partial charge in [-0.3, -0.25) is 4.79 Å². The molecule has 0 unspecified atom stereocenters. The zero-order valence-corrected chi connectivity index (χ0v) is 11.8. The first-order valence-corrected chi connectivity index (χ1v) is 6.89. The lowest BCUT2D eigenvalue weighted by molar-refractivity contribution is -0.140. The van der Waals surface area contributed by atoms with Gasteiger partial charge in [0, 0.05) is 12.1 Å². The summed E-state index contributed by atoms with van der Waals surface area (Å²) in [4.78, 5) is 13.2. The summed E-state index contributed by atoms with van der Waals surface area (Å²) in [6.07, 6.45) is -3.96. The van der Waals surface area contributed by atoms with Gasteiger partial charge in [0.15, 0.2) is 0 Å². The van der Waals surface area contributed by atoms with Crippen molar-refractivity contribution in [2.24, 2.45) is 5.73 Å². The molecule has 0 atom stereocenters. The van der Waals surface area contributed by atoms with Crippen molar-refractivity contribution in [3.63, 3.8) is 0 Å². The van der Waals surface area contributed by atoms with Crippen molar-refractivity contribution in [3.05, 3.63) is 21.9 Å². The van der Waals surface area contributed by atoms with Crippen molar-refractivity contribution >= 4 is 17.2 Å². The van der Waals surface area contributed by atoms with Gasteiger partial charge in [-0.25, -0.2) is 0 Å².